The van der Waals surface area contributed by atoms with Gasteiger partial charge in [-0.25, -0.2) is 0 Å². The van der Waals surface area contributed by atoms with E-state index in [1.165, 1.54) is 11.1 Å². The van der Waals surface area contributed by atoms with Gasteiger partial charge in [0.2, 0.25) is 0 Å². The first kappa shape index (κ1) is 13.9. The number of carbonyl (C=O) groups is 1. The monoisotopic (exact) mass is 269 g/mol. The fourth-order valence-electron chi connectivity index (χ4n) is 2.20. The molecule has 1 amide bonds. The summed E-state index contributed by atoms with van der Waals surface area (Å²) in [5.41, 5.74) is 15.5. The molecule has 0 saturated heterocycles. The highest BCUT2D eigenvalue weighted by molar-refractivity contribution is 5.99. The van der Waals surface area contributed by atoms with Crippen LogP contribution in [0.3, 0.4) is 0 Å². The Hall–Kier alpha value is -2.49. The van der Waals surface area contributed by atoms with E-state index in [2.05, 4.69) is 19.1 Å². The van der Waals surface area contributed by atoms with E-state index in [0.717, 1.165) is 5.69 Å². The molecule has 20 heavy (non-hydrogen) atoms. The summed E-state index contributed by atoms with van der Waals surface area (Å²) < 4.78 is 0. The minimum absolute atomic E-state index is 0.448. The summed E-state index contributed by atoms with van der Waals surface area (Å²) in [6, 6.07) is 13.3. The van der Waals surface area contributed by atoms with Gasteiger partial charge in [-0.3, -0.25) is 4.79 Å². The van der Waals surface area contributed by atoms with Crippen molar-refractivity contribution in [3.05, 3.63) is 59.2 Å². The smallest absolute Gasteiger partial charge is 0.250 e. The molecule has 0 aliphatic carbocycles. The number of hydrogen-bond donors (Lipinski definition) is 2. The van der Waals surface area contributed by atoms with Gasteiger partial charge in [-0.1, -0.05) is 24.3 Å². The van der Waals surface area contributed by atoms with Crippen molar-refractivity contribution in [1.29, 1.82) is 0 Å². The highest BCUT2D eigenvalue weighted by Crippen LogP contribution is 2.24. The number of carbonyl (C=O) groups excluding carboxylic acids is 1. The Morgan fingerprint density at radius 3 is 2.55 bits per heavy atom. The predicted octanol–water partition coefficient (Wildman–Crippen LogP) is 2.31. The SMILES string of the molecule is Cc1ccccc1CN(C)c1cc(N)ccc1C(N)=O. The first-order chi connectivity index (χ1) is 9.49. The standard InChI is InChI=1S/C16H19N3O/c1-11-5-3-4-6-12(11)10-19(2)15-9-13(17)7-8-14(15)16(18)20/h3-9H,10,17H2,1-2H3,(H2,18,20). The lowest BCUT2D eigenvalue weighted by atomic mass is 10.1. The third kappa shape index (κ3) is 2.91. The van der Waals surface area contributed by atoms with Crippen LogP contribution in [0.1, 0.15) is 21.5 Å². The summed E-state index contributed by atoms with van der Waals surface area (Å²) in [4.78, 5) is 13.5. The Kier molecular flexibility index (Phi) is 3.94. The Balaban J connectivity index is 2.34. The highest BCUT2D eigenvalue weighted by Gasteiger charge is 2.13. The summed E-state index contributed by atoms with van der Waals surface area (Å²) >= 11 is 0. The molecule has 2 aromatic rings. The van der Waals surface area contributed by atoms with Crippen LogP contribution < -0.4 is 16.4 Å². The van der Waals surface area contributed by atoms with Crippen molar-refractivity contribution in [3.63, 3.8) is 0 Å². The summed E-state index contributed by atoms with van der Waals surface area (Å²) in [5.74, 6) is -0.448. The molecule has 0 heterocycles. The van der Waals surface area contributed by atoms with E-state index in [1.54, 1.807) is 18.2 Å². The van der Waals surface area contributed by atoms with E-state index in [4.69, 9.17) is 11.5 Å². The molecule has 0 spiro atoms. The number of nitrogens with zero attached hydrogens (tertiary/aromatic N) is 1. The number of benzene rings is 2. The van der Waals surface area contributed by atoms with E-state index >= 15 is 0 Å². The maximum atomic E-state index is 11.5. The van der Waals surface area contributed by atoms with Gasteiger partial charge in [-0.15, -0.1) is 0 Å². The molecule has 0 aliphatic rings. The third-order valence-corrected chi connectivity index (χ3v) is 3.37. The molecule has 0 aliphatic heterocycles. The molecule has 4 N–H and O–H groups in total. The molecule has 0 aromatic heterocycles. The zero-order chi connectivity index (χ0) is 14.7. The number of primary amides is 1. The van der Waals surface area contributed by atoms with Crippen LogP contribution in [-0.4, -0.2) is 13.0 Å². The van der Waals surface area contributed by atoms with Crippen LogP contribution in [0.2, 0.25) is 0 Å². The van der Waals surface area contributed by atoms with Gasteiger partial charge in [0.25, 0.3) is 5.91 Å². The quantitative estimate of drug-likeness (QED) is 0.837. The van der Waals surface area contributed by atoms with E-state index in [-0.39, 0.29) is 0 Å². The lowest BCUT2D eigenvalue weighted by Crippen LogP contribution is -2.22. The second kappa shape index (κ2) is 5.65. The molecule has 0 radical (unpaired) electrons. The van der Waals surface area contributed by atoms with Gasteiger partial charge >= 0.3 is 0 Å². The molecule has 2 rings (SSSR count). The molecular formula is C16H19N3O. The topological polar surface area (TPSA) is 72.3 Å². The lowest BCUT2D eigenvalue weighted by molar-refractivity contribution is 0.100. The number of rotatable bonds is 4. The van der Waals surface area contributed by atoms with E-state index in [9.17, 15) is 4.79 Å². The minimum Gasteiger partial charge on any atom is -0.399 e. The summed E-state index contributed by atoms with van der Waals surface area (Å²) in [7, 11) is 1.92. The Morgan fingerprint density at radius 1 is 1.20 bits per heavy atom. The number of anilines is 2. The fourth-order valence-corrected chi connectivity index (χ4v) is 2.20. The van der Waals surface area contributed by atoms with Gasteiger partial charge in [-0.05, 0) is 36.2 Å². The van der Waals surface area contributed by atoms with Crippen LogP contribution in [-0.2, 0) is 6.54 Å². The zero-order valence-corrected chi connectivity index (χ0v) is 11.8. The van der Waals surface area contributed by atoms with Crippen LogP contribution in [0.25, 0.3) is 0 Å². The average molecular weight is 269 g/mol. The molecule has 0 fully saturated rings. The van der Waals surface area contributed by atoms with Gasteiger partial charge < -0.3 is 16.4 Å². The normalized spacial score (nSPS) is 10.3. The van der Waals surface area contributed by atoms with E-state index in [0.29, 0.717) is 17.8 Å². The van der Waals surface area contributed by atoms with Crippen molar-refractivity contribution in [2.24, 2.45) is 5.73 Å². The Labute approximate surface area is 119 Å². The summed E-state index contributed by atoms with van der Waals surface area (Å²) in [6.07, 6.45) is 0. The van der Waals surface area contributed by atoms with Crippen LogP contribution in [0.4, 0.5) is 11.4 Å². The van der Waals surface area contributed by atoms with Crippen LogP contribution in [0.15, 0.2) is 42.5 Å². The van der Waals surface area contributed by atoms with E-state index < -0.39 is 5.91 Å². The Bertz CT molecular complexity index is 637. The maximum Gasteiger partial charge on any atom is 0.250 e. The molecule has 0 bridgehead atoms. The summed E-state index contributed by atoms with van der Waals surface area (Å²) in [6.45, 7) is 2.76. The second-order valence-electron chi connectivity index (χ2n) is 4.92. The predicted molar refractivity (Wildman–Crippen MR) is 82.7 cm³/mol. The van der Waals surface area contributed by atoms with Crippen molar-refractivity contribution < 1.29 is 4.79 Å². The van der Waals surface area contributed by atoms with Gasteiger partial charge in [-0.2, -0.15) is 0 Å². The van der Waals surface area contributed by atoms with E-state index in [1.807, 2.05) is 24.1 Å². The van der Waals surface area contributed by atoms with Crippen LogP contribution >= 0.6 is 0 Å². The molecule has 0 saturated carbocycles. The highest BCUT2D eigenvalue weighted by atomic mass is 16.1. The van der Waals surface area contributed by atoms with Crippen LogP contribution in [0, 0.1) is 6.92 Å². The maximum absolute atomic E-state index is 11.5. The summed E-state index contributed by atoms with van der Waals surface area (Å²) in [5, 5.41) is 0. The first-order valence-electron chi connectivity index (χ1n) is 6.44. The van der Waals surface area contributed by atoms with Crippen molar-refractivity contribution in [2.45, 2.75) is 13.5 Å². The van der Waals surface area contributed by atoms with Crippen molar-refractivity contribution >= 4 is 17.3 Å². The number of nitrogens with two attached hydrogens (primary N) is 2. The molecule has 0 atom stereocenters. The van der Waals surface area contributed by atoms with Crippen molar-refractivity contribution in [3.8, 4) is 0 Å². The second-order valence-corrected chi connectivity index (χ2v) is 4.92. The fraction of sp³-hybridized carbons (Fsp3) is 0.188. The zero-order valence-electron chi connectivity index (χ0n) is 11.8. The third-order valence-electron chi connectivity index (χ3n) is 3.37. The van der Waals surface area contributed by atoms with Gasteiger partial charge in [0.05, 0.1) is 11.3 Å². The average Bonchev–Trinajstić information content (AvgIpc) is 2.40. The molecule has 104 valence electrons. The molecule has 4 heteroatoms. The minimum atomic E-state index is -0.448. The van der Waals surface area contributed by atoms with Crippen molar-refractivity contribution in [1.82, 2.24) is 0 Å². The number of aryl methyl sites for hydroxylation is 1. The molecule has 0 unspecified atom stereocenters. The van der Waals surface area contributed by atoms with Gasteiger partial charge in [0.1, 0.15) is 0 Å². The van der Waals surface area contributed by atoms with Crippen molar-refractivity contribution in [2.75, 3.05) is 17.7 Å². The number of hydrogen-bond acceptors (Lipinski definition) is 3. The largest absolute Gasteiger partial charge is 0.399 e. The molecule has 4 nitrogen and oxygen atoms in total. The Morgan fingerprint density at radius 2 is 1.90 bits per heavy atom. The van der Waals surface area contributed by atoms with Crippen LogP contribution in [0.5, 0.6) is 0 Å². The lowest BCUT2D eigenvalue weighted by Gasteiger charge is -2.23. The van der Waals surface area contributed by atoms with Gasteiger partial charge in [0.15, 0.2) is 0 Å². The number of amides is 1. The molecule has 2 aromatic carbocycles. The molecular weight excluding hydrogens is 250 g/mol. The number of nitrogen functional groups attached to an aromatic ring is 1. The first-order valence-corrected chi connectivity index (χ1v) is 6.44. The van der Waals surface area contributed by atoms with Gasteiger partial charge in [0, 0.05) is 19.3 Å².